The highest BCUT2D eigenvalue weighted by Crippen LogP contribution is 2.31. The predicted molar refractivity (Wildman–Crippen MR) is 77.4 cm³/mol. The highest BCUT2D eigenvalue weighted by Gasteiger charge is 2.36. The summed E-state index contributed by atoms with van der Waals surface area (Å²) in [5.74, 6) is 0. The monoisotopic (exact) mass is 267 g/mol. The molecule has 3 aliphatic rings. The molecule has 0 amide bonds. The van der Waals surface area contributed by atoms with Crippen LogP contribution >= 0.6 is 0 Å². The van der Waals surface area contributed by atoms with Gasteiger partial charge in [0.1, 0.15) is 0 Å². The smallest absolute Gasteiger partial charge is 0.0546 e. The zero-order valence-electron chi connectivity index (χ0n) is 12.4. The van der Waals surface area contributed by atoms with Gasteiger partial charge in [-0.25, -0.2) is 0 Å². The van der Waals surface area contributed by atoms with Crippen molar-refractivity contribution >= 4 is 0 Å². The second-order valence-electron chi connectivity index (χ2n) is 6.89. The largest absolute Gasteiger partial charge is 0.381 e. The fraction of sp³-hybridized carbons (Fsp3) is 1.00. The second kappa shape index (κ2) is 6.08. The molecule has 1 atom stereocenters. The summed E-state index contributed by atoms with van der Waals surface area (Å²) in [7, 11) is 2.23. The van der Waals surface area contributed by atoms with Gasteiger partial charge < -0.3 is 19.9 Å². The molecule has 3 rings (SSSR count). The molecule has 4 heteroatoms. The zero-order chi connectivity index (χ0) is 13.1. The first-order chi connectivity index (χ1) is 9.26. The summed E-state index contributed by atoms with van der Waals surface area (Å²) in [5, 5.41) is 3.75. The first-order valence-corrected chi connectivity index (χ1v) is 7.98. The maximum absolute atomic E-state index is 5.82. The van der Waals surface area contributed by atoms with Gasteiger partial charge in [-0.1, -0.05) is 0 Å². The van der Waals surface area contributed by atoms with E-state index < -0.39 is 0 Å². The van der Waals surface area contributed by atoms with Gasteiger partial charge in [0, 0.05) is 57.3 Å². The van der Waals surface area contributed by atoms with Crippen LogP contribution in [0.3, 0.4) is 0 Å². The van der Waals surface area contributed by atoms with Gasteiger partial charge in [0.05, 0.1) is 6.61 Å². The molecule has 0 bridgehead atoms. The van der Waals surface area contributed by atoms with E-state index in [2.05, 4.69) is 22.2 Å². The Morgan fingerprint density at radius 2 is 2.00 bits per heavy atom. The van der Waals surface area contributed by atoms with Crippen LogP contribution in [0, 0.1) is 5.41 Å². The molecule has 4 nitrogen and oxygen atoms in total. The Balaban J connectivity index is 1.54. The fourth-order valence-electron chi connectivity index (χ4n) is 3.36. The van der Waals surface area contributed by atoms with Gasteiger partial charge in [0.15, 0.2) is 0 Å². The lowest BCUT2D eigenvalue weighted by molar-refractivity contribution is -0.0319. The van der Waals surface area contributed by atoms with Crippen LogP contribution in [0.2, 0.25) is 0 Å². The molecule has 2 aliphatic heterocycles. The average Bonchev–Trinajstić information content (AvgIpc) is 3.25. The maximum atomic E-state index is 5.82. The molecular formula is C15H29N3O. The highest BCUT2D eigenvalue weighted by molar-refractivity contribution is 4.91. The van der Waals surface area contributed by atoms with Crippen molar-refractivity contribution in [2.24, 2.45) is 5.41 Å². The van der Waals surface area contributed by atoms with Crippen LogP contribution in [0.1, 0.15) is 25.7 Å². The lowest BCUT2D eigenvalue weighted by Crippen LogP contribution is -2.53. The molecule has 0 spiro atoms. The third-order valence-corrected chi connectivity index (χ3v) is 4.90. The Morgan fingerprint density at radius 3 is 2.63 bits per heavy atom. The Bertz CT molecular complexity index is 279. The molecule has 110 valence electrons. The summed E-state index contributed by atoms with van der Waals surface area (Å²) >= 11 is 0. The third kappa shape index (κ3) is 3.91. The highest BCUT2D eigenvalue weighted by atomic mass is 16.5. The minimum absolute atomic E-state index is 0.372. The predicted octanol–water partition coefficient (Wildman–Crippen LogP) is 0.783. The maximum Gasteiger partial charge on any atom is 0.0546 e. The molecule has 1 aliphatic carbocycles. The summed E-state index contributed by atoms with van der Waals surface area (Å²) in [6.07, 6.45) is 5.33. The number of ether oxygens (including phenoxy) is 1. The molecule has 1 N–H and O–H groups in total. The van der Waals surface area contributed by atoms with Crippen LogP contribution in [-0.4, -0.2) is 75.4 Å². The first-order valence-electron chi connectivity index (χ1n) is 7.98. The van der Waals surface area contributed by atoms with Crippen molar-refractivity contribution in [3.8, 4) is 0 Å². The van der Waals surface area contributed by atoms with Crippen molar-refractivity contribution in [1.29, 1.82) is 0 Å². The zero-order valence-corrected chi connectivity index (χ0v) is 12.4. The number of nitrogens with zero attached hydrogens (tertiary/aromatic N) is 2. The number of rotatable bonds is 5. The Labute approximate surface area is 117 Å². The Morgan fingerprint density at radius 1 is 1.21 bits per heavy atom. The fourth-order valence-corrected chi connectivity index (χ4v) is 3.36. The van der Waals surface area contributed by atoms with E-state index in [1.54, 1.807) is 0 Å². The number of hydrogen-bond acceptors (Lipinski definition) is 4. The van der Waals surface area contributed by atoms with E-state index in [-0.39, 0.29) is 0 Å². The second-order valence-corrected chi connectivity index (χ2v) is 6.89. The van der Waals surface area contributed by atoms with Crippen molar-refractivity contribution in [2.45, 2.75) is 31.7 Å². The molecule has 1 unspecified atom stereocenters. The van der Waals surface area contributed by atoms with Crippen LogP contribution in [-0.2, 0) is 4.74 Å². The van der Waals surface area contributed by atoms with Gasteiger partial charge in [0.25, 0.3) is 0 Å². The SMILES string of the molecule is CN1CCN(CC2(CNC3CC3)CCCOC2)CC1. The van der Waals surface area contributed by atoms with Gasteiger partial charge in [-0.2, -0.15) is 0 Å². The van der Waals surface area contributed by atoms with Crippen molar-refractivity contribution in [3.63, 3.8) is 0 Å². The van der Waals surface area contributed by atoms with Crippen LogP contribution in [0.25, 0.3) is 0 Å². The quantitative estimate of drug-likeness (QED) is 0.797. The number of hydrogen-bond donors (Lipinski definition) is 1. The molecule has 0 aromatic heterocycles. The number of likely N-dealkylation sites (N-methyl/N-ethyl adjacent to an activating group) is 1. The van der Waals surface area contributed by atoms with E-state index in [0.717, 1.165) is 25.8 Å². The van der Waals surface area contributed by atoms with E-state index in [0.29, 0.717) is 5.41 Å². The Hall–Kier alpha value is -0.160. The summed E-state index contributed by atoms with van der Waals surface area (Å²) in [6, 6.07) is 0.811. The molecule has 0 aromatic carbocycles. The molecular weight excluding hydrogens is 238 g/mol. The summed E-state index contributed by atoms with van der Waals surface area (Å²) in [6.45, 7) is 9.18. The van der Waals surface area contributed by atoms with Gasteiger partial charge >= 0.3 is 0 Å². The summed E-state index contributed by atoms with van der Waals surface area (Å²) in [4.78, 5) is 5.09. The lowest BCUT2D eigenvalue weighted by Gasteiger charge is -2.43. The Kier molecular flexibility index (Phi) is 4.42. The normalized spacial score (nSPS) is 34.6. The van der Waals surface area contributed by atoms with E-state index in [1.807, 2.05) is 0 Å². The van der Waals surface area contributed by atoms with Crippen LogP contribution in [0.15, 0.2) is 0 Å². The lowest BCUT2D eigenvalue weighted by atomic mass is 9.81. The van der Waals surface area contributed by atoms with Crippen molar-refractivity contribution < 1.29 is 4.74 Å². The number of nitrogens with one attached hydrogen (secondary N) is 1. The van der Waals surface area contributed by atoms with Crippen LogP contribution in [0.4, 0.5) is 0 Å². The average molecular weight is 267 g/mol. The topological polar surface area (TPSA) is 27.7 Å². The van der Waals surface area contributed by atoms with Crippen molar-refractivity contribution in [2.75, 3.05) is 59.5 Å². The van der Waals surface area contributed by atoms with E-state index >= 15 is 0 Å². The van der Waals surface area contributed by atoms with Crippen LogP contribution < -0.4 is 5.32 Å². The van der Waals surface area contributed by atoms with Gasteiger partial charge in [-0.05, 0) is 32.7 Å². The van der Waals surface area contributed by atoms with Gasteiger partial charge in [0.2, 0.25) is 0 Å². The van der Waals surface area contributed by atoms with Gasteiger partial charge in [-0.15, -0.1) is 0 Å². The summed E-state index contributed by atoms with van der Waals surface area (Å²) in [5.41, 5.74) is 0.372. The molecule has 2 saturated heterocycles. The first kappa shape index (κ1) is 13.8. The minimum atomic E-state index is 0.372. The molecule has 0 radical (unpaired) electrons. The molecule has 1 saturated carbocycles. The molecule has 2 heterocycles. The molecule has 19 heavy (non-hydrogen) atoms. The van der Waals surface area contributed by atoms with E-state index in [1.165, 1.54) is 58.4 Å². The van der Waals surface area contributed by atoms with Crippen LogP contribution in [0.5, 0.6) is 0 Å². The standard InChI is InChI=1S/C15H29N3O/c1-17-6-8-18(9-7-17)12-15(5-2-10-19-13-15)11-16-14-3-4-14/h14,16H,2-13H2,1H3. The summed E-state index contributed by atoms with van der Waals surface area (Å²) < 4.78 is 5.82. The van der Waals surface area contributed by atoms with Crippen molar-refractivity contribution in [1.82, 2.24) is 15.1 Å². The van der Waals surface area contributed by atoms with Gasteiger partial charge in [-0.3, -0.25) is 0 Å². The van der Waals surface area contributed by atoms with E-state index in [9.17, 15) is 0 Å². The van der Waals surface area contributed by atoms with E-state index in [4.69, 9.17) is 4.74 Å². The molecule has 0 aromatic rings. The minimum Gasteiger partial charge on any atom is -0.381 e. The number of piperazine rings is 1. The third-order valence-electron chi connectivity index (χ3n) is 4.90. The van der Waals surface area contributed by atoms with Crippen molar-refractivity contribution in [3.05, 3.63) is 0 Å². The molecule has 3 fully saturated rings.